The molecule has 124 valence electrons. The molecule has 1 unspecified atom stereocenters. The first kappa shape index (κ1) is 17.2. The summed E-state index contributed by atoms with van der Waals surface area (Å²) < 4.78 is 44.2. The van der Waals surface area contributed by atoms with Crippen molar-refractivity contribution in [3.8, 4) is 0 Å². The molecule has 4 nitrogen and oxygen atoms in total. The maximum absolute atomic E-state index is 13.0. The fourth-order valence-electron chi connectivity index (χ4n) is 2.12. The van der Waals surface area contributed by atoms with Gasteiger partial charge in [-0.05, 0) is 38.1 Å². The minimum atomic E-state index is -4.41. The van der Waals surface area contributed by atoms with Crippen molar-refractivity contribution in [2.24, 2.45) is 0 Å². The highest BCUT2D eigenvalue weighted by molar-refractivity contribution is 5.79. The van der Waals surface area contributed by atoms with Crippen molar-refractivity contribution in [3.05, 3.63) is 47.1 Å². The van der Waals surface area contributed by atoms with Crippen LogP contribution in [0.5, 0.6) is 0 Å². The molecule has 0 fully saturated rings. The molecule has 0 aliphatic rings. The molecule has 0 amide bonds. The second-order valence-electron chi connectivity index (χ2n) is 5.31. The summed E-state index contributed by atoms with van der Waals surface area (Å²) in [5.41, 5.74) is -0.171. The summed E-state index contributed by atoms with van der Waals surface area (Å²) in [6, 6.07) is 5.59. The van der Waals surface area contributed by atoms with Crippen LogP contribution < -0.4 is 5.32 Å². The first-order chi connectivity index (χ1) is 10.8. The molecular formula is C16H18F3N3O. The van der Waals surface area contributed by atoms with Gasteiger partial charge in [0.15, 0.2) is 5.82 Å². The van der Waals surface area contributed by atoms with E-state index in [0.717, 1.165) is 6.07 Å². The van der Waals surface area contributed by atoms with E-state index >= 15 is 0 Å². The van der Waals surface area contributed by atoms with Gasteiger partial charge >= 0.3 is 6.18 Å². The lowest BCUT2D eigenvalue weighted by Gasteiger charge is -2.12. The van der Waals surface area contributed by atoms with Gasteiger partial charge in [-0.1, -0.05) is 23.4 Å². The highest BCUT2D eigenvalue weighted by Crippen LogP contribution is 2.35. The van der Waals surface area contributed by atoms with E-state index < -0.39 is 11.7 Å². The second kappa shape index (κ2) is 6.95. The summed E-state index contributed by atoms with van der Waals surface area (Å²) in [5.74, 6) is 0.702. The second-order valence-corrected chi connectivity index (χ2v) is 5.31. The fourth-order valence-corrected chi connectivity index (χ4v) is 2.12. The molecule has 0 spiro atoms. The minimum absolute atomic E-state index is 0.100. The average Bonchev–Trinajstić information content (AvgIpc) is 2.93. The number of hydrogen-bond donors (Lipinski definition) is 1. The van der Waals surface area contributed by atoms with Gasteiger partial charge in [0.1, 0.15) is 0 Å². The van der Waals surface area contributed by atoms with Gasteiger partial charge in [-0.15, -0.1) is 0 Å². The quantitative estimate of drug-likeness (QED) is 0.908. The highest BCUT2D eigenvalue weighted by atomic mass is 19.4. The molecule has 0 bridgehead atoms. The number of allylic oxidation sites excluding steroid dienone is 1. The molecule has 0 radical (unpaired) electrons. The smallest absolute Gasteiger partial charge is 0.335 e. The molecule has 0 aliphatic carbocycles. The lowest BCUT2D eigenvalue weighted by Crippen LogP contribution is -2.24. The van der Waals surface area contributed by atoms with Gasteiger partial charge in [-0.2, -0.15) is 18.2 Å². The van der Waals surface area contributed by atoms with Crippen molar-refractivity contribution in [1.82, 2.24) is 15.5 Å². The van der Waals surface area contributed by atoms with Crippen LogP contribution in [0.3, 0.4) is 0 Å². The van der Waals surface area contributed by atoms with Crippen molar-refractivity contribution >= 4 is 11.6 Å². The molecule has 23 heavy (non-hydrogen) atoms. The Morgan fingerprint density at radius 2 is 2.04 bits per heavy atom. The monoisotopic (exact) mass is 325 g/mol. The number of alkyl halides is 3. The number of benzene rings is 1. The molecule has 7 heteroatoms. The lowest BCUT2D eigenvalue weighted by molar-refractivity contribution is -0.137. The van der Waals surface area contributed by atoms with Gasteiger partial charge in [0.2, 0.25) is 0 Å². The number of nitrogens with one attached hydrogen (secondary N) is 1. The van der Waals surface area contributed by atoms with Crippen LogP contribution >= 0.6 is 0 Å². The molecule has 1 aromatic carbocycles. The summed E-state index contributed by atoms with van der Waals surface area (Å²) in [6.07, 6.45) is -2.37. The van der Waals surface area contributed by atoms with E-state index in [4.69, 9.17) is 4.52 Å². The van der Waals surface area contributed by atoms with Crippen LogP contribution in [0, 0.1) is 0 Å². The number of nitrogens with zero attached hydrogens (tertiary/aromatic N) is 2. The lowest BCUT2D eigenvalue weighted by atomic mass is 10.0. The van der Waals surface area contributed by atoms with Crippen LogP contribution in [0.1, 0.15) is 36.7 Å². The third-order valence-corrected chi connectivity index (χ3v) is 3.46. The topological polar surface area (TPSA) is 51.0 Å². The summed E-state index contributed by atoms with van der Waals surface area (Å²) in [5, 5.41) is 6.88. The first-order valence-corrected chi connectivity index (χ1v) is 7.16. The molecule has 2 aromatic rings. The number of rotatable bonds is 5. The number of likely N-dealkylation sites (N-methyl/N-ethyl adjacent to an activating group) is 1. The van der Waals surface area contributed by atoms with E-state index in [9.17, 15) is 13.2 Å². The van der Waals surface area contributed by atoms with E-state index in [1.165, 1.54) is 18.2 Å². The molecule has 0 saturated heterocycles. The molecule has 1 N–H and O–H groups in total. The number of halogens is 3. The summed E-state index contributed by atoms with van der Waals surface area (Å²) in [7, 11) is 1.82. The van der Waals surface area contributed by atoms with Gasteiger partial charge in [0.05, 0.1) is 5.56 Å². The Morgan fingerprint density at radius 3 is 2.70 bits per heavy atom. The van der Waals surface area contributed by atoms with Gasteiger partial charge in [0, 0.05) is 18.5 Å². The maximum Gasteiger partial charge on any atom is 0.416 e. The zero-order valence-electron chi connectivity index (χ0n) is 13.1. The normalized spacial score (nSPS) is 14.1. The van der Waals surface area contributed by atoms with Crippen molar-refractivity contribution in [3.63, 3.8) is 0 Å². The third-order valence-electron chi connectivity index (χ3n) is 3.46. The zero-order valence-corrected chi connectivity index (χ0v) is 13.1. The van der Waals surface area contributed by atoms with Crippen LogP contribution in [-0.2, 0) is 12.6 Å². The zero-order chi connectivity index (χ0) is 17.0. The van der Waals surface area contributed by atoms with Crippen LogP contribution in [-0.4, -0.2) is 23.2 Å². The molecule has 0 saturated carbocycles. The SMILES string of the molecule is CNC(C)Cc1noc(/C=C(/C)c2ccccc2C(F)(F)F)n1. The molecule has 1 heterocycles. The van der Waals surface area contributed by atoms with Crippen LogP contribution in [0.2, 0.25) is 0 Å². The number of hydrogen-bond acceptors (Lipinski definition) is 4. The summed E-state index contributed by atoms with van der Waals surface area (Å²) in [4.78, 5) is 4.18. The van der Waals surface area contributed by atoms with Crippen LogP contribution in [0.15, 0.2) is 28.8 Å². The largest absolute Gasteiger partial charge is 0.416 e. The van der Waals surface area contributed by atoms with Gasteiger partial charge in [0.25, 0.3) is 5.89 Å². The predicted molar refractivity (Wildman–Crippen MR) is 81.5 cm³/mol. The Bertz CT molecular complexity index is 692. The van der Waals surface area contributed by atoms with E-state index in [2.05, 4.69) is 15.5 Å². The maximum atomic E-state index is 13.0. The number of aromatic nitrogens is 2. The van der Waals surface area contributed by atoms with E-state index in [0.29, 0.717) is 17.8 Å². The summed E-state index contributed by atoms with van der Waals surface area (Å²) >= 11 is 0. The minimum Gasteiger partial charge on any atom is -0.335 e. The molecule has 1 atom stereocenters. The fraction of sp³-hybridized carbons (Fsp3) is 0.375. The Hall–Kier alpha value is -2.15. The average molecular weight is 325 g/mol. The molecular weight excluding hydrogens is 307 g/mol. The third kappa shape index (κ3) is 4.41. The van der Waals surface area contributed by atoms with Gasteiger partial charge in [-0.3, -0.25) is 0 Å². The Labute approximate surface area is 132 Å². The summed E-state index contributed by atoms with van der Waals surface area (Å²) in [6.45, 7) is 3.56. The van der Waals surface area contributed by atoms with Crippen LogP contribution in [0.25, 0.3) is 11.6 Å². The predicted octanol–water partition coefficient (Wildman–Crippen LogP) is 3.80. The highest BCUT2D eigenvalue weighted by Gasteiger charge is 2.33. The van der Waals surface area contributed by atoms with Gasteiger partial charge < -0.3 is 9.84 Å². The van der Waals surface area contributed by atoms with E-state index in [1.807, 2.05) is 14.0 Å². The van der Waals surface area contributed by atoms with Crippen molar-refractivity contribution in [2.75, 3.05) is 7.05 Å². The van der Waals surface area contributed by atoms with Crippen molar-refractivity contribution < 1.29 is 17.7 Å². The van der Waals surface area contributed by atoms with Crippen molar-refractivity contribution in [1.29, 1.82) is 0 Å². The van der Waals surface area contributed by atoms with E-state index in [1.54, 1.807) is 13.0 Å². The Balaban J connectivity index is 2.27. The van der Waals surface area contributed by atoms with Crippen molar-refractivity contribution in [2.45, 2.75) is 32.5 Å². The molecule has 2 rings (SSSR count). The Kier molecular flexibility index (Phi) is 5.20. The van der Waals surface area contributed by atoms with Crippen LogP contribution in [0.4, 0.5) is 13.2 Å². The molecule has 0 aliphatic heterocycles. The first-order valence-electron chi connectivity index (χ1n) is 7.16. The van der Waals surface area contributed by atoms with Gasteiger partial charge in [-0.25, -0.2) is 0 Å². The standard InChI is InChI=1S/C16H18F3N3O/c1-10(12-6-4-5-7-13(12)16(17,18)19)8-15-21-14(22-23-15)9-11(2)20-3/h4-8,11,20H,9H2,1-3H3/b10-8-. The molecule has 1 aromatic heterocycles. The Morgan fingerprint density at radius 1 is 1.35 bits per heavy atom. The van der Waals surface area contributed by atoms with E-state index in [-0.39, 0.29) is 17.5 Å².